The number of nitrogens with one attached hydrogen (secondary N) is 1. The van der Waals surface area contributed by atoms with Gasteiger partial charge in [0.25, 0.3) is 5.91 Å². The van der Waals surface area contributed by atoms with Gasteiger partial charge in [0.15, 0.2) is 0 Å². The Morgan fingerprint density at radius 3 is 2.85 bits per heavy atom. The summed E-state index contributed by atoms with van der Waals surface area (Å²) in [5, 5.41) is 6.75. The van der Waals surface area contributed by atoms with E-state index < -0.39 is 0 Å². The van der Waals surface area contributed by atoms with Crippen molar-refractivity contribution in [1.29, 1.82) is 0 Å². The van der Waals surface area contributed by atoms with Crippen molar-refractivity contribution in [3.8, 4) is 0 Å². The number of benzene rings is 1. The first-order valence-electron chi connectivity index (χ1n) is 6.44. The molecule has 1 aliphatic heterocycles. The Morgan fingerprint density at radius 1 is 1.20 bits per heavy atom. The molecule has 1 aromatic carbocycles. The Balaban J connectivity index is 1.89. The Hall–Kier alpha value is -2.14. The van der Waals surface area contributed by atoms with Crippen LogP contribution in [0.3, 0.4) is 0 Å². The third kappa shape index (κ3) is 2.44. The summed E-state index contributed by atoms with van der Waals surface area (Å²) in [6.07, 6.45) is 0.789. The maximum atomic E-state index is 12.2. The van der Waals surface area contributed by atoms with Gasteiger partial charge in [-0.2, -0.15) is 11.3 Å². The zero-order valence-corrected chi connectivity index (χ0v) is 11.7. The molecule has 1 aromatic heterocycles. The Morgan fingerprint density at radius 2 is 2.05 bits per heavy atom. The van der Waals surface area contributed by atoms with Crippen LogP contribution in [0, 0.1) is 0 Å². The molecule has 0 spiro atoms. The molecule has 0 atom stereocenters. The number of nitrogens with zero attached hydrogens (tertiary/aromatic N) is 1. The van der Waals surface area contributed by atoms with E-state index >= 15 is 0 Å². The quantitative estimate of drug-likeness (QED) is 0.939. The molecule has 1 N–H and O–H groups in total. The van der Waals surface area contributed by atoms with Crippen LogP contribution in [0.25, 0.3) is 0 Å². The molecule has 1 aliphatic rings. The predicted molar refractivity (Wildman–Crippen MR) is 79.2 cm³/mol. The van der Waals surface area contributed by atoms with Crippen molar-refractivity contribution in [1.82, 2.24) is 5.32 Å². The van der Waals surface area contributed by atoms with Crippen molar-refractivity contribution in [2.75, 3.05) is 18.0 Å². The zero-order chi connectivity index (χ0) is 13.9. The second kappa shape index (κ2) is 5.46. The van der Waals surface area contributed by atoms with Crippen molar-refractivity contribution >= 4 is 28.8 Å². The summed E-state index contributed by atoms with van der Waals surface area (Å²) in [7, 11) is 0. The molecule has 0 aliphatic carbocycles. The predicted octanol–water partition coefficient (Wildman–Crippen LogP) is 2.07. The minimum atomic E-state index is -0.188. The van der Waals surface area contributed by atoms with Gasteiger partial charge in [-0.15, -0.1) is 0 Å². The van der Waals surface area contributed by atoms with E-state index in [1.807, 2.05) is 23.6 Å². The van der Waals surface area contributed by atoms with Gasteiger partial charge in [0.05, 0.1) is 17.8 Å². The first kappa shape index (κ1) is 12.9. The SMILES string of the molecule is O=C1NCC(=O)N(CCc2ccsc2)c2ccccc21. The molecule has 102 valence electrons. The Bertz CT molecular complexity index is 637. The van der Waals surface area contributed by atoms with E-state index in [4.69, 9.17) is 0 Å². The number of carbonyl (C=O) groups excluding carboxylic acids is 2. The molecule has 5 heteroatoms. The molecule has 0 radical (unpaired) electrons. The van der Waals surface area contributed by atoms with Gasteiger partial charge in [-0.1, -0.05) is 12.1 Å². The first-order valence-corrected chi connectivity index (χ1v) is 7.38. The normalized spacial score (nSPS) is 14.7. The fourth-order valence-electron chi connectivity index (χ4n) is 2.30. The lowest BCUT2D eigenvalue weighted by atomic mass is 10.1. The number of hydrogen-bond donors (Lipinski definition) is 1. The lowest BCUT2D eigenvalue weighted by Crippen LogP contribution is -2.37. The number of hydrogen-bond acceptors (Lipinski definition) is 3. The van der Waals surface area contributed by atoms with Gasteiger partial charge in [-0.05, 0) is 40.9 Å². The zero-order valence-electron chi connectivity index (χ0n) is 10.8. The van der Waals surface area contributed by atoms with Gasteiger partial charge < -0.3 is 10.2 Å². The van der Waals surface area contributed by atoms with Crippen LogP contribution in [-0.4, -0.2) is 24.9 Å². The average Bonchev–Trinajstić information content (AvgIpc) is 2.95. The van der Waals surface area contributed by atoms with E-state index in [-0.39, 0.29) is 18.4 Å². The molecule has 2 aromatic rings. The molecule has 0 saturated heterocycles. The van der Waals surface area contributed by atoms with Gasteiger partial charge in [0, 0.05) is 6.54 Å². The van der Waals surface area contributed by atoms with E-state index in [9.17, 15) is 9.59 Å². The summed E-state index contributed by atoms with van der Waals surface area (Å²) in [5.74, 6) is -0.259. The fraction of sp³-hybridized carbons (Fsp3) is 0.200. The van der Waals surface area contributed by atoms with Crippen molar-refractivity contribution < 1.29 is 9.59 Å². The number of fused-ring (bicyclic) bond motifs is 1. The molecular weight excluding hydrogens is 272 g/mol. The summed E-state index contributed by atoms with van der Waals surface area (Å²) in [4.78, 5) is 25.8. The maximum Gasteiger partial charge on any atom is 0.253 e. The summed E-state index contributed by atoms with van der Waals surface area (Å²) in [5.41, 5.74) is 2.47. The van der Waals surface area contributed by atoms with Crippen LogP contribution >= 0.6 is 11.3 Å². The summed E-state index contributed by atoms with van der Waals surface area (Å²) < 4.78 is 0. The third-order valence-corrected chi connectivity index (χ3v) is 4.08. The van der Waals surface area contributed by atoms with E-state index in [1.165, 1.54) is 5.56 Å². The molecule has 2 amide bonds. The second-order valence-electron chi connectivity index (χ2n) is 4.63. The molecule has 0 unspecified atom stereocenters. The number of amides is 2. The lowest BCUT2D eigenvalue weighted by Gasteiger charge is -2.21. The molecule has 4 nitrogen and oxygen atoms in total. The highest BCUT2D eigenvalue weighted by Gasteiger charge is 2.25. The largest absolute Gasteiger partial charge is 0.343 e. The van der Waals surface area contributed by atoms with Crippen LogP contribution in [0.2, 0.25) is 0 Å². The second-order valence-corrected chi connectivity index (χ2v) is 5.41. The van der Waals surface area contributed by atoms with Gasteiger partial charge in [-0.3, -0.25) is 9.59 Å². The minimum absolute atomic E-state index is 0.0527. The molecule has 2 heterocycles. The van der Waals surface area contributed by atoms with Gasteiger partial charge in [-0.25, -0.2) is 0 Å². The molecular formula is C15H14N2O2S. The monoisotopic (exact) mass is 286 g/mol. The van der Waals surface area contributed by atoms with E-state index in [2.05, 4.69) is 16.8 Å². The molecule has 20 heavy (non-hydrogen) atoms. The van der Waals surface area contributed by atoms with E-state index in [1.54, 1.807) is 22.3 Å². The van der Waals surface area contributed by atoms with Crippen molar-refractivity contribution in [3.05, 3.63) is 52.2 Å². The number of anilines is 1. The average molecular weight is 286 g/mol. The van der Waals surface area contributed by atoms with Gasteiger partial charge in [0.1, 0.15) is 0 Å². The Labute approximate surface area is 121 Å². The lowest BCUT2D eigenvalue weighted by molar-refractivity contribution is -0.117. The summed E-state index contributed by atoms with van der Waals surface area (Å²) in [6.45, 7) is 0.638. The van der Waals surface area contributed by atoms with Crippen molar-refractivity contribution in [2.24, 2.45) is 0 Å². The highest BCUT2D eigenvalue weighted by Crippen LogP contribution is 2.23. The molecule has 0 fully saturated rings. The van der Waals surface area contributed by atoms with Crippen LogP contribution in [0.15, 0.2) is 41.1 Å². The molecule has 0 saturated carbocycles. The van der Waals surface area contributed by atoms with E-state index in [0.29, 0.717) is 17.8 Å². The van der Waals surface area contributed by atoms with Gasteiger partial charge in [0.2, 0.25) is 5.91 Å². The number of para-hydroxylation sites is 1. The minimum Gasteiger partial charge on any atom is -0.343 e. The van der Waals surface area contributed by atoms with Gasteiger partial charge >= 0.3 is 0 Å². The third-order valence-electron chi connectivity index (χ3n) is 3.34. The topological polar surface area (TPSA) is 49.4 Å². The van der Waals surface area contributed by atoms with Crippen LogP contribution in [0.4, 0.5) is 5.69 Å². The van der Waals surface area contributed by atoms with Crippen LogP contribution < -0.4 is 10.2 Å². The molecule has 3 rings (SSSR count). The van der Waals surface area contributed by atoms with Crippen LogP contribution in [-0.2, 0) is 11.2 Å². The summed E-state index contributed by atoms with van der Waals surface area (Å²) >= 11 is 1.65. The fourth-order valence-corrected chi connectivity index (χ4v) is 3.01. The van der Waals surface area contributed by atoms with E-state index in [0.717, 1.165) is 6.42 Å². The van der Waals surface area contributed by atoms with Crippen LogP contribution in [0.5, 0.6) is 0 Å². The number of thiophene rings is 1. The van der Waals surface area contributed by atoms with Crippen molar-refractivity contribution in [2.45, 2.75) is 6.42 Å². The highest BCUT2D eigenvalue weighted by molar-refractivity contribution is 7.07. The smallest absolute Gasteiger partial charge is 0.253 e. The first-order chi connectivity index (χ1) is 9.75. The van der Waals surface area contributed by atoms with Crippen molar-refractivity contribution in [3.63, 3.8) is 0 Å². The molecule has 0 bridgehead atoms. The Kier molecular flexibility index (Phi) is 3.52. The highest BCUT2D eigenvalue weighted by atomic mass is 32.1. The number of carbonyl (C=O) groups is 2. The number of rotatable bonds is 3. The summed E-state index contributed by atoms with van der Waals surface area (Å²) in [6, 6.07) is 9.29. The maximum absolute atomic E-state index is 12.2. The van der Waals surface area contributed by atoms with Crippen LogP contribution in [0.1, 0.15) is 15.9 Å². The standard InChI is InChI=1S/C15H14N2O2S/c18-14-9-16-15(19)12-3-1-2-4-13(12)17(14)7-5-11-6-8-20-10-11/h1-4,6,8,10H,5,7,9H2,(H,16,19).